The molecule has 3 aromatic rings. The summed E-state index contributed by atoms with van der Waals surface area (Å²) in [6, 6.07) is 12.9. The van der Waals surface area contributed by atoms with E-state index in [0.29, 0.717) is 18.0 Å². The standard InChI is InChI=1S/C21H20ClFN2O3/c1-27-15-5-2-13(3-6-15)20-19-16(8-10-25(20)21(26)28-11-9-23)17-12-14(22)4-7-18(17)24-19/h2-7,12,20,24H,8-11H2,1H3. The molecule has 0 radical (unpaired) electrons. The molecule has 2 aromatic carbocycles. The van der Waals surface area contributed by atoms with E-state index in [1.54, 1.807) is 12.0 Å². The lowest BCUT2D eigenvalue weighted by molar-refractivity contribution is 0.0837. The third kappa shape index (κ3) is 3.29. The number of benzene rings is 2. The average molecular weight is 403 g/mol. The van der Waals surface area contributed by atoms with Crippen LogP contribution in [0.1, 0.15) is 22.9 Å². The molecule has 1 unspecified atom stereocenters. The van der Waals surface area contributed by atoms with Crippen LogP contribution in [0.4, 0.5) is 9.18 Å². The molecule has 28 heavy (non-hydrogen) atoms. The van der Waals surface area contributed by atoms with Gasteiger partial charge in [0.1, 0.15) is 25.1 Å². The zero-order valence-corrected chi connectivity index (χ0v) is 16.1. The molecule has 1 atom stereocenters. The number of rotatable bonds is 4. The number of carbonyl (C=O) groups is 1. The Hall–Kier alpha value is -2.73. The number of alkyl halides is 1. The number of aromatic amines is 1. The minimum atomic E-state index is -0.705. The summed E-state index contributed by atoms with van der Waals surface area (Å²) in [5.41, 5.74) is 3.93. The van der Waals surface area contributed by atoms with Gasteiger partial charge >= 0.3 is 6.09 Å². The van der Waals surface area contributed by atoms with Crippen LogP contribution >= 0.6 is 11.6 Å². The SMILES string of the molecule is COc1ccc(C2c3[nH]c4ccc(Cl)cc4c3CCN2C(=O)OCCF)cc1. The van der Waals surface area contributed by atoms with Gasteiger partial charge in [0.05, 0.1) is 7.11 Å². The van der Waals surface area contributed by atoms with Crippen LogP contribution in [0.3, 0.4) is 0 Å². The van der Waals surface area contributed by atoms with Crippen molar-refractivity contribution < 1.29 is 18.7 Å². The highest BCUT2D eigenvalue weighted by Crippen LogP contribution is 2.39. The first kappa shape index (κ1) is 18.6. The summed E-state index contributed by atoms with van der Waals surface area (Å²) in [7, 11) is 1.61. The molecule has 0 aliphatic carbocycles. The zero-order chi connectivity index (χ0) is 19.7. The second kappa shape index (κ2) is 7.72. The molecule has 1 N–H and O–H groups in total. The van der Waals surface area contributed by atoms with Crippen molar-refractivity contribution in [2.45, 2.75) is 12.5 Å². The highest BCUT2D eigenvalue weighted by molar-refractivity contribution is 6.31. The summed E-state index contributed by atoms with van der Waals surface area (Å²) in [5.74, 6) is 0.731. The van der Waals surface area contributed by atoms with E-state index in [2.05, 4.69) is 4.98 Å². The Balaban J connectivity index is 1.82. The van der Waals surface area contributed by atoms with Gasteiger partial charge in [-0.3, -0.25) is 4.90 Å². The van der Waals surface area contributed by atoms with Gasteiger partial charge in [-0.05, 0) is 47.9 Å². The van der Waals surface area contributed by atoms with Gasteiger partial charge in [0.2, 0.25) is 0 Å². The third-order valence-electron chi connectivity index (χ3n) is 5.06. The summed E-state index contributed by atoms with van der Waals surface area (Å²) in [5, 5.41) is 1.72. The zero-order valence-electron chi connectivity index (χ0n) is 15.4. The minimum absolute atomic E-state index is 0.250. The number of methoxy groups -OCH3 is 1. The monoisotopic (exact) mass is 402 g/mol. The first-order valence-electron chi connectivity index (χ1n) is 9.05. The maximum atomic E-state index is 12.6. The molecular formula is C21H20ClFN2O3. The summed E-state index contributed by atoms with van der Waals surface area (Å²) in [6.45, 7) is -0.489. The summed E-state index contributed by atoms with van der Waals surface area (Å²) >= 11 is 6.19. The van der Waals surface area contributed by atoms with E-state index in [0.717, 1.165) is 33.5 Å². The van der Waals surface area contributed by atoms with Crippen molar-refractivity contribution in [3.05, 3.63) is 64.3 Å². The van der Waals surface area contributed by atoms with Crippen LogP contribution in [0.2, 0.25) is 5.02 Å². The van der Waals surface area contributed by atoms with E-state index in [1.807, 2.05) is 42.5 Å². The fraction of sp³-hybridized carbons (Fsp3) is 0.286. The Morgan fingerprint density at radius 2 is 2.07 bits per heavy atom. The molecular weight excluding hydrogens is 383 g/mol. The normalized spacial score (nSPS) is 16.1. The van der Waals surface area contributed by atoms with Gasteiger partial charge in [-0.2, -0.15) is 0 Å². The molecule has 0 spiro atoms. The number of aromatic nitrogens is 1. The van der Waals surface area contributed by atoms with Crippen molar-refractivity contribution in [1.29, 1.82) is 0 Å². The molecule has 5 nitrogen and oxygen atoms in total. The van der Waals surface area contributed by atoms with Gasteiger partial charge in [0.25, 0.3) is 0 Å². The lowest BCUT2D eigenvalue weighted by atomic mass is 9.92. The highest BCUT2D eigenvalue weighted by Gasteiger charge is 2.35. The quantitative estimate of drug-likeness (QED) is 0.676. The maximum absolute atomic E-state index is 12.6. The van der Waals surface area contributed by atoms with Crippen LogP contribution in [-0.2, 0) is 11.2 Å². The van der Waals surface area contributed by atoms with E-state index >= 15 is 0 Å². The van der Waals surface area contributed by atoms with E-state index in [1.165, 1.54) is 0 Å². The Labute approximate surface area is 167 Å². The average Bonchev–Trinajstić information content (AvgIpc) is 3.09. The molecule has 1 aliphatic heterocycles. The first-order chi connectivity index (χ1) is 13.6. The molecule has 0 bridgehead atoms. The van der Waals surface area contributed by atoms with Crippen molar-refractivity contribution >= 4 is 28.6 Å². The van der Waals surface area contributed by atoms with Gasteiger partial charge in [-0.25, -0.2) is 9.18 Å². The van der Waals surface area contributed by atoms with Crippen molar-refractivity contribution in [2.75, 3.05) is 26.9 Å². The Bertz CT molecular complexity index is 1000. The number of hydrogen-bond donors (Lipinski definition) is 1. The molecule has 0 saturated heterocycles. The van der Waals surface area contributed by atoms with E-state index in [9.17, 15) is 9.18 Å². The maximum Gasteiger partial charge on any atom is 0.410 e. The molecule has 1 aromatic heterocycles. The van der Waals surface area contributed by atoms with Crippen molar-refractivity contribution in [3.63, 3.8) is 0 Å². The molecule has 0 fully saturated rings. The van der Waals surface area contributed by atoms with Crippen LogP contribution in [0.25, 0.3) is 10.9 Å². The summed E-state index contributed by atoms with van der Waals surface area (Å²) < 4.78 is 22.8. The Morgan fingerprint density at radius 1 is 1.29 bits per heavy atom. The molecule has 7 heteroatoms. The molecule has 2 heterocycles. The number of nitrogens with zero attached hydrogens (tertiary/aromatic N) is 1. The van der Waals surface area contributed by atoms with Crippen LogP contribution in [0.5, 0.6) is 5.75 Å². The smallest absolute Gasteiger partial charge is 0.410 e. The predicted octanol–water partition coefficient (Wildman–Crippen LogP) is 4.88. The van der Waals surface area contributed by atoms with Gasteiger partial charge in [0, 0.05) is 28.2 Å². The number of halogens is 2. The van der Waals surface area contributed by atoms with Gasteiger partial charge in [-0.1, -0.05) is 23.7 Å². The van der Waals surface area contributed by atoms with E-state index in [-0.39, 0.29) is 12.6 Å². The van der Waals surface area contributed by atoms with Crippen LogP contribution < -0.4 is 4.74 Å². The van der Waals surface area contributed by atoms with Crippen LogP contribution in [0.15, 0.2) is 42.5 Å². The lowest BCUT2D eigenvalue weighted by Gasteiger charge is -2.35. The van der Waals surface area contributed by atoms with Gasteiger partial charge < -0.3 is 14.5 Å². The van der Waals surface area contributed by atoms with E-state index in [4.69, 9.17) is 21.1 Å². The Kier molecular flexibility index (Phi) is 5.13. The molecule has 1 amide bonds. The summed E-state index contributed by atoms with van der Waals surface area (Å²) in [4.78, 5) is 17.7. The molecule has 146 valence electrons. The van der Waals surface area contributed by atoms with Crippen LogP contribution in [0, 0.1) is 0 Å². The fourth-order valence-corrected chi connectivity index (χ4v) is 3.97. The number of ether oxygens (including phenoxy) is 2. The fourth-order valence-electron chi connectivity index (χ4n) is 3.80. The second-order valence-electron chi connectivity index (χ2n) is 6.63. The number of amides is 1. The lowest BCUT2D eigenvalue weighted by Crippen LogP contribution is -2.41. The van der Waals surface area contributed by atoms with E-state index < -0.39 is 12.8 Å². The van der Waals surface area contributed by atoms with Gasteiger partial charge in [-0.15, -0.1) is 0 Å². The third-order valence-corrected chi connectivity index (χ3v) is 5.29. The first-order valence-corrected chi connectivity index (χ1v) is 9.43. The molecule has 1 aliphatic rings. The second-order valence-corrected chi connectivity index (χ2v) is 7.07. The number of H-pyrrole nitrogens is 1. The number of nitrogens with one attached hydrogen (secondary N) is 1. The highest BCUT2D eigenvalue weighted by atomic mass is 35.5. The van der Waals surface area contributed by atoms with Crippen molar-refractivity contribution in [1.82, 2.24) is 9.88 Å². The topological polar surface area (TPSA) is 54.6 Å². The van der Waals surface area contributed by atoms with Crippen molar-refractivity contribution in [3.8, 4) is 5.75 Å². The molecule has 4 rings (SSSR count). The number of hydrogen-bond acceptors (Lipinski definition) is 3. The number of fused-ring (bicyclic) bond motifs is 3. The Morgan fingerprint density at radius 3 is 2.79 bits per heavy atom. The predicted molar refractivity (Wildman–Crippen MR) is 106 cm³/mol. The minimum Gasteiger partial charge on any atom is -0.497 e. The molecule has 0 saturated carbocycles. The summed E-state index contributed by atoms with van der Waals surface area (Å²) in [6.07, 6.45) is 0.133. The largest absolute Gasteiger partial charge is 0.497 e. The number of carbonyl (C=O) groups excluding carboxylic acids is 1. The van der Waals surface area contributed by atoms with Crippen molar-refractivity contribution in [2.24, 2.45) is 0 Å². The van der Waals surface area contributed by atoms with Crippen LogP contribution in [-0.4, -0.2) is 42.9 Å². The van der Waals surface area contributed by atoms with Gasteiger partial charge in [0.15, 0.2) is 0 Å².